The first-order valence-electron chi connectivity index (χ1n) is 11.7. The molecule has 3 aromatic carbocycles. The fourth-order valence-electron chi connectivity index (χ4n) is 4.31. The zero-order chi connectivity index (χ0) is 26.7. The number of anilines is 1. The van der Waals surface area contributed by atoms with E-state index in [1.165, 1.54) is 5.01 Å². The second kappa shape index (κ2) is 10.5. The van der Waals surface area contributed by atoms with Gasteiger partial charge in [0.25, 0.3) is 0 Å². The van der Waals surface area contributed by atoms with Crippen LogP contribution in [0.4, 0.5) is 10.5 Å². The van der Waals surface area contributed by atoms with E-state index in [-0.39, 0.29) is 12.1 Å². The summed E-state index contributed by atoms with van der Waals surface area (Å²) in [4.78, 5) is 12.7. The van der Waals surface area contributed by atoms with Gasteiger partial charge in [-0.25, -0.2) is 18.2 Å². The van der Waals surface area contributed by atoms with Crippen molar-refractivity contribution >= 4 is 27.5 Å². The molecule has 4 rings (SSSR count). The Morgan fingerprint density at radius 3 is 2.03 bits per heavy atom. The van der Waals surface area contributed by atoms with Gasteiger partial charge in [-0.3, -0.25) is 4.72 Å². The maximum absolute atomic E-state index is 12.7. The maximum atomic E-state index is 12.7. The third-order valence-electron chi connectivity index (χ3n) is 6.11. The van der Waals surface area contributed by atoms with Gasteiger partial charge in [-0.05, 0) is 54.3 Å². The van der Waals surface area contributed by atoms with Gasteiger partial charge < -0.3 is 14.8 Å². The molecule has 0 saturated carbocycles. The van der Waals surface area contributed by atoms with Gasteiger partial charge in [-0.2, -0.15) is 5.10 Å². The first-order chi connectivity index (χ1) is 17.6. The van der Waals surface area contributed by atoms with Crippen molar-refractivity contribution in [3.63, 3.8) is 0 Å². The van der Waals surface area contributed by atoms with Crippen molar-refractivity contribution in [2.75, 3.05) is 32.2 Å². The monoisotopic (exact) mass is 522 g/mol. The van der Waals surface area contributed by atoms with Crippen LogP contribution in [-0.4, -0.2) is 58.7 Å². The minimum absolute atomic E-state index is 0.187. The summed E-state index contributed by atoms with van der Waals surface area (Å²) in [6.07, 6.45) is 1.70. The minimum Gasteiger partial charge on any atom is -0.493 e. The topological polar surface area (TPSA) is 109 Å². The number of urea groups is 1. The van der Waals surface area contributed by atoms with E-state index in [0.717, 1.165) is 34.1 Å². The van der Waals surface area contributed by atoms with Crippen LogP contribution < -0.4 is 19.5 Å². The highest BCUT2D eigenvalue weighted by molar-refractivity contribution is 7.92. The van der Waals surface area contributed by atoms with E-state index in [4.69, 9.17) is 14.6 Å². The Labute approximate surface area is 217 Å². The van der Waals surface area contributed by atoms with E-state index in [0.29, 0.717) is 29.3 Å². The van der Waals surface area contributed by atoms with E-state index in [9.17, 15) is 13.2 Å². The molecule has 0 fully saturated rings. The summed E-state index contributed by atoms with van der Waals surface area (Å²) in [5, 5.41) is 8.94. The van der Waals surface area contributed by atoms with Crippen molar-refractivity contribution in [2.45, 2.75) is 19.4 Å². The number of hydrogen-bond acceptors (Lipinski definition) is 6. The Morgan fingerprint density at radius 1 is 0.946 bits per heavy atom. The lowest BCUT2D eigenvalue weighted by molar-refractivity contribution is 0.184. The Hall–Kier alpha value is -4.05. The molecule has 2 amide bonds. The van der Waals surface area contributed by atoms with E-state index in [1.54, 1.807) is 33.4 Å². The molecule has 1 heterocycles. The molecule has 194 valence electrons. The molecule has 1 aliphatic rings. The Morgan fingerprint density at radius 2 is 1.49 bits per heavy atom. The number of fused-ring (bicyclic) bond motifs is 1. The molecule has 2 N–H and O–H groups in total. The number of rotatable bonds is 6. The number of nitrogens with one attached hydrogen (secondary N) is 2. The molecule has 10 heteroatoms. The number of ether oxygens (including phenoxy) is 2. The predicted octanol–water partition coefficient (Wildman–Crippen LogP) is 4.08. The van der Waals surface area contributed by atoms with Crippen molar-refractivity contribution in [3.05, 3.63) is 77.4 Å². The highest BCUT2D eigenvalue weighted by atomic mass is 32.2. The van der Waals surface area contributed by atoms with E-state index < -0.39 is 10.0 Å². The minimum atomic E-state index is -3.34. The van der Waals surface area contributed by atoms with E-state index in [2.05, 4.69) is 10.0 Å². The molecule has 0 spiro atoms. The molecule has 0 radical (unpaired) electrons. The number of sulfonamides is 1. The Kier molecular flexibility index (Phi) is 7.40. The second-order valence-electron chi connectivity index (χ2n) is 8.79. The molecule has 1 unspecified atom stereocenters. The smallest absolute Gasteiger partial charge is 0.337 e. The van der Waals surface area contributed by atoms with Crippen LogP contribution in [-0.2, 0) is 16.4 Å². The molecule has 9 nitrogen and oxygen atoms in total. The van der Waals surface area contributed by atoms with Gasteiger partial charge >= 0.3 is 6.03 Å². The zero-order valence-electron chi connectivity index (χ0n) is 21.4. The molecule has 0 aliphatic carbocycles. The van der Waals surface area contributed by atoms with Crippen LogP contribution >= 0.6 is 0 Å². The van der Waals surface area contributed by atoms with Gasteiger partial charge in [0.15, 0.2) is 11.5 Å². The third-order valence-corrected chi connectivity index (χ3v) is 6.71. The fraction of sp³-hybridized carbons (Fsp3) is 0.259. The van der Waals surface area contributed by atoms with Crippen LogP contribution in [0, 0.1) is 0 Å². The molecular formula is C27H30N4O5S. The van der Waals surface area contributed by atoms with Crippen molar-refractivity contribution in [1.82, 2.24) is 10.3 Å². The van der Waals surface area contributed by atoms with Crippen molar-refractivity contribution in [2.24, 2.45) is 5.10 Å². The molecular weight excluding hydrogens is 492 g/mol. The first kappa shape index (κ1) is 26.0. The second-order valence-corrected chi connectivity index (χ2v) is 10.5. The fourth-order valence-corrected chi connectivity index (χ4v) is 4.88. The highest BCUT2D eigenvalue weighted by Gasteiger charge is 2.28. The third kappa shape index (κ3) is 5.69. The van der Waals surface area contributed by atoms with Gasteiger partial charge in [0.05, 0.1) is 32.2 Å². The summed E-state index contributed by atoms with van der Waals surface area (Å²) in [7, 11) is 1.43. The Balaban J connectivity index is 1.76. The van der Waals surface area contributed by atoms with Crippen LogP contribution in [0.25, 0.3) is 11.1 Å². The summed E-state index contributed by atoms with van der Waals surface area (Å²) in [6.45, 7) is 1.95. The van der Waals surface area contributed by atoms with Gasteiger partial charge in [0.2, 0.25) is 10.0 Å². The highest BCUT2D eigenvalue weighted by Crippen LogP contribution is 2.35. The number of nitrogens with zero attached hydrogens (tertiary/aromatic N) is 2. The van der Waals surface area contributed by atoms with Crippen LogP contribution in [0.3, 0.4) is 0 Å². The van der Waals surface area contributed by atoms with E-state index >= 15 is 0 Å². The van der Waals surface area contributed by atoms with Crippen molar-refractivity contribution in [1.29, 1.82) is 0 Å². The molecule has 0 aromatic heterocycles. The van der Waals surface area contributed by atoms with Gasteiger partial charge in [0.1, 0.15) is 0 Å². The summed E-state index contributed by atoms with van der Waals surface area (Å²) in [5.41, 5.74) is 5.71. The maximum Gasteiger partial charge on any atom is 0.337 e. The molecule has 1 aliphatic heterocycles. The van der Waals surface area contributed by atoms with Crippen LogP contribution in [0.5, 0.6) is 11.5 Å². The van der Waals surface area contributed by atoms with E-state index in [1.807, 2.05) is 55.5 Å². The number of benzene rings is 3. The number of carbonyl (C=O) groups excluding carboxylic acids is 1. The van der Waals surface area contributed by atoms with Gasteiger partial charge in [0, 0.05) is 23.9 Å². The molecule has 3 aromatic rings. The lowest BCUT2D eigenvalue weighted by Gasteiger charge is -2.22. The van der Waals surface area contributed by atoms with Crippen LogP contribution in [0.1, 0.15) is 23.6 Å². The molecule has 37 heavy (non-hydrogen) atoms. The van der Waals surface area contributed by atoms with Crippen molar-refractivity contribution < 1.29 is 22.7 Å². The van der Waals surface area contributed by atoms with Gasteiger partial charge in [-0.1, -0.05) is 36.4 Å². The predicted molar refractivity (Wildman–Crippen MR) is 145 cm³/mol. The average molecular weight is 523 g/mol. The quantitative estimate of drug-likeness (QED) is 0.507. The SMILES string of the molecule is CNC(=O)N1N=C(c2ccc(-c3ccc(NS(C)(=O)=O)cc3)cc2)c2cc(OC)c(OC)cc2CC1C. The van der Waals surface area contributed by atoms with Gasteiger partial charge in [-0.15, -0.1) is 0 Å². The first-order valence-corrected chi connectivity index (χ1v) is 13.6. The number of methoxy groups -OCH3 is 2. The average Bonchev–Trinajstić information content (AvgIpc) is 3.02. The summed E-state index contributed by atoms with van der Waals surface area (Å²) in [5.74, 6) is 1.19. The number of hydrazone groups is 1. The van der Waals surface area contributed by atoms with Crippen LogP contribution in [0.15, 0.2) is 65.8 Å². The lowest BCUT2D eigenvalue weighted by Crippen LogP contribution is -2.41. The number of hydrogen-bond donors (Lipinski definition) is 2. The lowest BCUT2D eigenvalue weighted by atomic mass is 9.93. The summed E-state index contributed by atoms with van der Waals surface area (Å²) < 4.78 is 36.5. The molecule has 0 saturated heterocycles. The summed E-state index contributed by atoms with van der Waals surface area (Å²) in [6, 6.07) is 18.3. The molecule has 1 atom stereocenters. The Bertz CT molecular complexity index is 1430. The van der Waals surface area contributed by atoms with Crippen molar-refractivity contribution in [3.8, 4) is 22.6 Å². The number of amides is 2. The standard InChI is InChI=1S/C27H30N4O5S/c1-17-14-21-15-24(35-3)25(36-4)16-23(21)26(29-31(17)27(32)28-2)20-8-6-18(7-9-20)19-10-12-22(13-11-19)30-37(5,33)34/h6-13,15-17,30H,14H2,1-5H3,(H,28,32). The summed E-state index contributed by atoms with van der Waals surface area (Å²) >= 11 is 0. The van der Waals surface area contributed by atoms with Crippen LogP contribution in [0.2, 0.25) is 0 Å². The largest absolute Gasteiger partial charge is 0.493 e. The normalized spacial score (nSPS) is 15.2. The number of carbonyl (C=O) groups is 1. The zero-order valence-corrected chi connectivity index (χ0v) is 22.2. The molecule has 0 bridgehead atoms.